The predicted molar refractivity (Wildman–Crippen MR) is 69.3 cm³/mol. The molecule has 0 aromatic carbocycles. The van der Waals surface area contributed by atoms with Crippen molar-refractivity contribution in [1.82, 2.24) is 15.5 Å². The van der Waals surface area contributed by atoms with Crippen molar-refractivity contribution in [3.8, 4) is 0 Å². The summed E-state index contributed by atoms with van der Waals surface area (Å²) in [5, 5.41) is 7.47. The van der Waals surface area contributed by atoms with Crippen LogP contribution in [0, 0.1) is 0 Å². The van der Waals surface area contributed by atoms with Gasteiger partial charge in [0, 0.05) is 5.92 Å². The van der Waals surface area contributed by atoms with Crippen molar-refractivity contribution in [1.29, 1.82) is 0 Å². The fourth-order valence-corrected chi connectivity index (χ4v) is 2.94. The Morgan fingerprint density at radius 1 is 0.944 bits per heavy atom. The highest BCUT2D eigenvalue weighted by molar-refractivity contribution is 5.01. The molecule has 100 valence electrons. The first-order chi connectivity index (χ1) is 8.93. The standard InChI is InChI=1S/C14H23N3O/c1-2-4-6-8-11(7-5-3-1)14-16-13(17-18-14)12-9-10-15-12/h11-12,15H,1-10H2. The summed E-state index contributed by atoms with van der Waals surface area (Å²) in [6, 6.07) is 0.346. The molecule has 1 aliphatic carbocycles. The monoisotopic (exact) mass is 249 g/mol. The Morgan fingerprint density at radius 3 is 2.22 bits per heavy atom. The van der Waals surface area contributed by atoms with Gasteiger partial charge in [0.25, 0.3) is 0 Å². The lowest BCUT2D eigenvalue weighted by Crippen LogP contribution is -2.35. The van der Waals surface area contributed by atoms with Crippen LogP contribution >= 0.6 is 0 Å². The number of nitrogens with one attached hydrogen (secondary N) is 1. The molecule has 0 bridgehead atoms. The minimum Gasteiger partial charge on any atom is -0.339 e. The molecule has 1 saturated heterocycles. The summed E-state index contributed by atoms with van der Waals surface area (Å²) in [5.74, 6) is 2.26. The molecule has 0 radical (unpaired) electrons. The summed E-state index contributed by atoms with van der Waals surface area (Å²) < 4.78 is 5.50. The van der Waals surface area contributed by atoms with Crippen LogP contribution in [0.5, 0.6) is 0 Å². The highest BCUT2D eigenvalue weighted by atomic mass is 16.5. The van der Waals surface area contributed by atoms with Crippen LogP contribution in [0.15, 0.2) is 4.52 Å². The van der Waals surface area contributed by atoms with Gasteiger partial charge in [-0.2, -0.15) is 4.98 Å². The number of aromatic nitrogens is 2. The Labute approximate surface area is 109 Å². The molecular formula is C14H23N3O. The molecule has 2 heterocycles. The number of hydrogen-bond donors (Lipinski definition) is 1. The fourth-order valence-electron chi connectivity index (χ4n) is 2.94. The Balaban J connectivity index is 1.65. The molecule has 1 aliphatic heterocycles. The quantitative estimate of drug-likeness (QED) is 0.873. The van der Waals surface area contributed by atoms with E-state index in [0.717, 1.165) is 24.7 Å². The van der Waals surface area contributed by atoms with E-state index < -0.39 is 0 Å². The van der Waals surface area contributed by atoms with Gasteiger partial charge in [-0.05, 0) is 25.8 Å². The topological polar surface area (TPSA) is 51.0 Å². The first-order valence-electron chi connectivity index (χ1n) is 7.50. The van der Waals surface area contributed by atoms with Crippen molar-refractivity contribution in [2.24, 2.45) is 0 Å². The summed E-state index contributed by atoms with van der Waals surface area (Å²) >= 11 is 0. The Bertz CT molecular complexity index is 363. The lowest BCUT2D eigenvalue weighted by Gasteiger charge is -2.23. The van der Waals surface area contributed by atoms with Gasteiger partial charge in [0.15, 0.2) is 5.82 Å². The zero-order chi connectivity index (χ0) is 12.2. The molecule has 1 aromatic rings. The van der Waals surface area contributed by atoms with Crippen molar-refractivity contribution in [3.05, 3.63) is 11.7 Å². The van der Waals surface area contributed by atoms with E-state index in [1.165, 1.54) is 51.4 Å². The number of nitrogens with zero attached hydrogens (tertiary/aromatic N) is 2. The van der Waals surface area contributed by atoms with Crippen molar-refractivity contribution in [2.75, 3.05) is 6.54 Å². The fraction of sp³-hybridized carbons (Fsp3) is 0.857. The molecular weight excluding hydrogens is 226 g/mol. The number of rotatable bonds is 2. The van der Waals surface area contributed by atoms with Gasteiger partial charge in [-0.15, -0.1) is 0 Å². The molecule has 0 spiro atoms. The molecule has 1 unspecified atom stereocenters. The first-order valence-corrected chi connectivity index (χ1v) is 7.50. The highest BCUT2D eigenvalue weighted by Crippen LogP contribution is 2.30. The van der Waals surface area contributed by atoms with Crippen molar-refractivity contribution in [2.45, 2.75) is 69.7 Å². The summed E-state index contributed by atoms with van der Waals surface area (Å²) in [6.45, 7) is 1.08. The molecule has 18 heavy (non-hydrogen) atoms. The summed E-state index contributed by atoms with van der Waals surface area (Å²) in [6.07, 6.45) is 11.7. The third kappa shape index (κ3) is 2.74. The minimum absolute atomic E-state index is 0.346. The average Bonchev–Trinajstić information content (AvgIpc) is 2.79. The minimum atomic E-state index is 0.346. The maximum Gasteiger partial charge on any atom is 0.229 e. The molecule has 2 fully saturated rings. The first kappa shape index (κ1) is 12.2. The van der Waals surface area contributed by atoms with E-state index >= 15 is 0 Å². The van der Waals surface area contributed by atoms with E-state index in [4.69, 9.17) is 4.52 Å². The largest absolute Gasteiger partial charge is 0.339 e. The molecule has 1 atom stereocenters. The maximum absolute atomic E-state index is 5.50. The van der Waals surface area contributed by atoms with E-state index in [2.05, 4.69) is 15.5 Å². The second-order valence-electron chi connectivity index (χ2n) is 5.68. The molecule has 0 amide bonds. The zero-order valence-corrected chi connectivity index (χ0v) is 11.0. The van der Waals surface area contributed by atoms with Crippen LogP contribution in [-0.2, 0) is 0 Å². The third-order valence-electron chi connectivity index (χ3n) is 4.30. The predicted octanol–water partition coefficient (Wildman–Crippen LogP) is 3.32. The van der Waals surface area contributed by atoms with Crippen LogP contribution in [0.1, 0.15) is 81.5 Å². The molecule has 2 aliphatic rings. The van der Waals surface area contributed by atoms with Crippen LogP contribution < -0.4 is 5.32 Å². The lowest BCUT2D eigenvalue weighted by atomic mass is 9.97. The van der Waals surface area contributed by atoms with E-state index in [9.17, 15) is 0 Å². The van der Waals surface area contributed by atoms with Gasteiger partial charge in [-0.1, -0.05) is 43.7 Å². The summed E-state index contributed by atoms with van der Waals surface area (Å²) in [5.41, 5.74) is 0. The van der Waals surface area contributed by atoms with E-state index in [1.807, 2.05) is 0 Å². The van der Waals surface area contributed by atoms with Crippen molar-refractivity contribution < 1.29 is 4.52 Å². The Morgan fingerprint density at radius 2 is 1.61 bits per heavy atom. The molecule has 3 rings (SSSR count). The van der Waals surface area contributed by atoms with Crippen molar-refractivity contribution >= 4 is 0 Å². The lowest BCUT2D eigenvalue weighted by molar-refractivity contribution is 0.314. The second kappa shape index (κ2) is 5.83. The van der Waals surface area contributed by atoms with Gasteiger partial charge in [-0.25, -0.2) is 0 Å². The Kier molecular flexibility index (Phi) is 3.93. The smallest absolute Gasteiger partial charge is 0.229 e. The van der Waals surface area contributed by atoms with Gasteiger partial charge >= 0.3 is 0 Å². The molecule has 1 aromatic heterocycles. The van der Waals surface area contributed by atoms with E-state index in [1.54, 1.807) is 0 Å². The van der Waals surface area contributed by atoms with E-state index in [0.29, 0.717) is 12.0 Å². The maximum atomic E-state index is 5.50. The molecule has 4 nitrogen and oxygen atoms in total. The van der Waals surface area contributed by atoms with Gasteiger partial charge in [-0.3, -0.25) is 0 Å². The van der Waals surface area contributed by atoms with Crippen LogP contribution in [0.25, 0.3) is 0 Å². The average molecular weight is 249 g/mol. The van der Waals surface area contributed by atoms with E-state index in [-0.39, 0.29) is 0 Å². The van der Waals surface area contributed by atoms with Crippen LogP contribution in [0.3, 0.4) is 0 Å². The summed E-state index contributed by atoms with van der Waals surface area (Å²) in [7, 11) is 0. The zero-order valence-electron chi connectivity index (χ0n) is 11.0. The SMILES string of the molecule is C1CCCCC(c2nc(C3CCN3)no2)CCC1. The van der Waals surface area contributed by atoms with Crippen LogP contribution in [0.2, 0.25) is 0 Å². The highest BCUT2D eigenvalue weighted by Gasteiger charge is 2.26. The molecule has 1 saturated carbocycles. The van der Waals surface area contributed by atoms with Gasteiger partial charge in [0.1, 0.15) is 0 Å². The second-order valence-corrected chi connectivity index (χ2v) is 5.68. The normalized spacial score (nSPS) is 27.0. The summed E-state index contributed by atoms with van der Waals surface area (Å²) in [4.78, 5) is 4.62. The van der Waals surface area contributed by atoms with Gasteiger partial charge in [0.05, 0.1) is 6.04 Å². The molecule has 1 N–H and O–H groups in total. The van der Waals surface area contributed by atoms with Crippen LogP contribution in [0.4, 0.5) is 0 Å². The number of hydrogen-bond acceptors (Lipinski definition) is 4. The van der Waals surface area contributed by atoms with Crippen molar-refractivity contribution in [3.63, 3.8) is 0 Å². The van der Waals surface area contributed by atoms with Gasteiger partial charge < -0.3 is 9.84 Å². The van der Waals surface area contributed by atoms with Gasteiger partial charge in [0.2, 0.25) is 5.89 Å². The Hall–Kier alpha value is -0.900. The third-order valence-corrected chi connectivity index (χ3v) is 4.30. The van der Waals surface area contributed by atoms with Crippen LogP contribution in [-0.4, -0.2) is 16.7 Å². The molecule has 4 heteroatoms.